The number of nitro benzene ring substituents is 1. The van der Waals surface area contributed by atoms with E-state index in [4.69, 9.17) is 16.7 Å². The number of halogens is 1. The fourth-order valence-electron chi connectivity index (χ4n) is 1.59. The summed E-state index contributed by atoms with van der Waals surface area (Å²) in [7, 11) is 0. The van der Waals surface area contributed by atoms with Crippen molar-refractivity contribution in [2.45, 2.75) is 26.2 Å². The van der Waals surface area contributed by atoms with Crippen molar-refractivity contribution in [3.05, 3.63) is 38.4 Å². The van der Waals surface area contributed by atoms with E-state index in [-0.39, 0.29) is 21.8 Å². The summed E-state index contributed by atoms with van der Waals surface area (Å²) in [6.07, 6.45) is 1.90. The van der Waals surface area contributed by atoms with Gasteiger partial charge in [0.2, 0.25) is 0 Å². The van der Waals surface area contributed by atoms with Crippen molar-refractivity contribution in [2.75, 3.05) is 0 Å². The molecule has 1 aromatic carbocycles. The maximum atomic E-state index is 11.0. The number of carboxylic acid groups (broad SMARTS) is 1. The average Bonchev–Trinajstić information content (AvgIpc) is 2.26. The lowest BCUT2D eigenvalue weighted by molar-refractivity contribution is -0.385. The molecule has 1 rings (SSSR count). The largest absolute Gasteiger partial charge is 0.478 e. The zero-order valence-electron chi connectivity index (χ0n) is 9.27. The van der Waals surface area contributed by atoms with Gasteiger partial charge in [-0.15, -0.1) is 0 Å². The molecule has 0 unspecified atom stereocenters. The van der Waals surface area contributed by atoms with Gasteiger partial charge in [0.05, 0.1) is 10.5 Å². The molecule has 1 N–H and O–H groups in total. The Morgan fingerprint density at radius 1 is 1.53 bits per heavy atom. The van der Waals surface area contributed by atoms with Gasteiger partial charge in [0.15, 0.2) is 0 Å². The molecule has 0 bridgehead atoms. The minimum Gasteiger partial charge on any atom is -0.478 e. The molecule has 0 atom stereocenters. The van der Waals surface area contributed by atoms with E-state index in [1.165, 1.54) is 12.1 Å². The molecular formula is C11H12ClNO4. The van der Waals surface area contributed by atoms with Crippen LogP contribution >= 0.6 is 11.6 Å². The molecule has 0 aliphatic rings. The number of unbranched alkanes of at least 4 members (excludes halogenated alkanes) is 1. The maximum Gasteiger partial charge on any atom is 0.336 e. The lowest BCUT2D eigenvalue weighted by atomic mass is 10.00. The smallest absolute Gasteiger partial charge is 0.336 e. The van der Waals surface area contributed by atoms with E-state index in [0.29, 0.717) is 12.8 Å². The normalized spacial score (nSPS) is 10.2. The molecule has 0 saturated carbocycles. The second-order valence-corrected chi connectivity index (χ2v) is 4.05. The van der Waals surface area contributed by atoms with Gasteiger partial charge in [-0.3, -0.25) is 10.1 Å². The zero-order valence-corrected chi connectivity index (χ0v) is 10.0. The summed E-state index contributed by atoms with van der Waals surface area (Å²) >= 11 is 5.68. The molecule has 0 spiro atoms. The van der Waals surface area contributed by atoms with Crippen LogP contribution in [0.15, 0.2) is 12.1 Å². The van der Waals surface area contributed by atoms with Crippen molar-refractivity contribution >= 4 is 23.3 Å². The maximum absolute atomic E-state index is 11.0. The first kappa shape index (κ1) is 13.4. The highest BCUT2D eigenvalue weighted by Crippen LogP contribution is 2.28. The SMILES string of the molecule is CCCCc1c(C(=O)O)cc(Cl)cc1[N+](=O)[O-]. The van der Waals surface area contributed by atoms with Crippen molar-refractivity contribution in [1.82, 2.24) is 0 Å². The summed E-state index contributed by atoms with van der Waals surface area (Å²) in [5, 5.41) is 19.9. The van der Waals surface area contributed by atoms with Crippen LogP contribution in [0.4, 0.5) is 5.69 Å². The van der Waals surface area contributed by atoms with E-state index in [2.05, 4.69) is 0 Å². The number of nitro groups is 1. The van der Waals surface area contributed by atoms with Crippen LogP contribution in [0.1, 0.15) is 35.7 Å². The lowest BCUT2D eigenvalue weighted by Crippen LogP contribution is -2.06. The topological polar surface area (TPSA) is 80.4 Å². The molecule has 0 heterocycles. The van der Waals surface area contributed by atoms with Gasteiger partial charge in [-0.05, 0) is 18.9 Å². The van der Waals surface area contributed by atoms with Crippen LogP contribution < -0.4 is 0 Å². The Morgan fingerprint density at radius 2 is 2.18 bits per heavy atom. The van der Waals surface area contributed by atoms with Gasteiger partial charge in [-0.2, -0.15) is 0 Å². The quantitative estimate of drug-likeness (QED) is 0.648. The van der Waals surface area contributed by atoms with Crippen LogP contribution in [0.2, 0.25) is 5.02 Å². The summed E-state index contributed by atoms with van der Waals surface area (Å²) in [6.45, 7) is 1.93. The van der Waals surface area contributed by atoms with Gasteiger partial charge in [0, 0.05) is 16.7 Å². The molecule has 0 amide bonds. The molecule has 0 aliphatic heterocycles. The summed E-state index contributed by atoms with van der Waals surface area (Å²) in [5.74, 6) is -1.19. The molecule has 0 saturated heterocycles. The molecule has 6 heteroatoms. The second kappa shape index (κ2) is 5.63. The number of rotatable bonds is 5. The van der Waals surface area contributed by atoms with Crippen molar-refractivity contribution in [1.29, 1.82) is 0 Å². The van der Waals surface area contributed by atoms with Gasteiger partial charge in [-0.25, -0.2) is 4.79 Å². The summed E-state index contributed by atoms with van der Waals surface area (Å²) < 4.78 is 0. The molecule has 17 heavy (non-hydrogen) atoms. The third-order valence-corrected chi connectivity index (χ3v) is 2.62. The third-order valence-electron chi connectivity index (χ3n) is 2.40. The van der Waals surface area contributed by atoms with E-state index in [0.717, 1.165) is 6.42 Å². The number of hydrogen-bond donors (Lipinski definition) is 1. The molecule has 5 nitrogen and oxygen atoms in total. The van der Waals surface area contributed by atoms with E-state index in [1.807, 2.05) is 6.92 Å². The van der Waals surface area contributed by atoms with Gasteiger partial charge < -0.3 is 5.11 Å². The van der Waals surface area contributed by atoms with E-state index >= 15 is 0 Å². The molecule has 0 aromatic heterocycles. The highest BCUT2D eigenvalue weighted by atomic mass is 35.5. The Bertz CT molecular complexity index is 424. The first-order chi connectivity index (χ1) is 7.97. The first-order valence-electron chi connectivity index (χ1n) is 5.17. The molecule has 92 valence electrons. The van der Waals surface area contributed by atoms with Crippen LogP contribution in [0.25, 0.3) is 0 Å². The predicted molar refractivity (Wildman–Crippen MR) is 63.7 cm³/mol. The fraction of sp³-hybridized carbons (Fsp3) is 0.364. The van der Waals surface area contributed by atoms with Crippen LogP contribution in [-0.4, -0.2) is 16.0 Å². The number of benzene rings is 1. The Labute approximate surface area is 103 Å². The van der Waals surface area contributed by atoms with Gasteiger partial charge in [-0.1, -0.05) is 24.9 Å². The number of aromatic carboxylic acids is 1. The van der Waals surface area contributed by atoms with Crippen LogP contribution in [0.3, 0.4) is 0 Å². The fourth-order valence-corrected chi connectivity index (χ4v) is 1.80. The molecule has 1 aromatic rings. The van der Waals surface area contributed by atoms with Crippen molar-refractivity contribution in [2.24, 2.45) is 0 Å². The lowest BCUT2D eigenvalue weighted by Gasteiger charge is -2.07. The van der Waals surface area contributed by atoms with Crippen molar-refractivity contribution in [3.63, 3.8) is 0 Å². The summed E-state index contributed by atoms with van der Waals surface area (Å²) in [4.78, 5) is 21.3. The minimum atomic E-state index is -1.19. The molecule has 0 radical (unpaired) electrons. The van der Waals surface area contributed by atoms with Crippen molar-refractivity contribution in [3.8, 4) is 0 Å². The Hall–Kier alpha value is -1.62. The average molecular weight is 258 g/mol. The van der Waals surface area contributed by atoms with Crippen LogP contribution in [-0.2, 0) is 6.42 Å². The highest BCUT2D eigenvalue weighted by Gasteiger charge is 2.22. The van der Waals surface area contributed by atoms with E-state index in [9.17, 15) is 14.9 Å². The van der Waals surface area contributed by atoms with E-state index < -0.39 is 10.9 Å². The number of carboxylic acids is 1. The summed E-state index contributed by atoms with van der Waals surface area (Å²) in [5.41, 5.74) is -0.0604. The van der Waals surface area contributed by atoms with Crippen LogP contribution in [0.5, 0.6) is 0 Å². The molecule has 0 fully saturated rings. The predicted octanol–water partition coefficient (Wildman–Crippen LogP) is 3.29. The first-order valence-corrected chi connectivity index (χ1v) is 5.55. The van der Waals surface area contributed by atoms with E-state index in [1.54, 1.807) is 0 Å². The minimum absolute atomic E-state index is 0.0642. The number of hydrogen-bond acceptors (Lipinski definition) is 3. The van der Waals surface area contributed by atoms with Crippen molar-refractivity contribution < 1.29 is 14.8 Å². The highest BCUT2D eigenvalue weighted by molar-refractivity contribution is 6.31. The van der Waals surface area contributed by atoms with Gasteiger partial charge in [0.1, 0.15) is 0 Å². The zero-order chi connectivity index (χ0) is 13.0. The standard InChI is InChI=1S/C11H12ClNO4/c1-2-3-4-8-9(11(14)15)5-7(12)6-10(8)13(16)17/h5-6H,2-4H2,1H3,(H,14,15). The Morgan fingerprint density at radius 3 is 2.65 bits per heavy atom. The summed E-state index contributed by atoms with van der Waals surface area (Å²) in [6, 6.07) is 2.45. The van der Waals surface area contributed by atoms with Gasteiger partial charge in [0.25, 0.3) is 5.69 Å². The van der Waals surface area contributed by atoms with Gasteiger partial charge >= 0.3 is 5.97 Å². The Balaban J connectivity index is 3.36. The Kier molecular flexibility index (Phi) is 4.45. The third kappa shape index (κ3) is 3.17. The molecular weight excluding hydrogens is 246 g/mol. The number of carbonyl (C=O) groups is 1. The monoisotopic (exact) mass is 257 g/mol. The number of nitrogens with zero attached hydrogens (tertiary/aromatic N) is 1. The molecule has 0 aliphatic carbocycles. The second-order valence-electron chi connectivity index (χ2n) is 3.62. The van der Waals surface area contributed by atoms with Crippen LogP contribution in [0, 0.1) is 10.1 Å².